The Morgan fingerprint density at radius 3 is 3.00 bits per heavy atom. The van der Waals surface area contributed by atoms with Gasteiger partial charge in [-0.2, -0.15) is 11.8 Å². The average molecular weight is 244 g/mol. The maximum absolute atomic E-state index is 5.99. The molecule has 0 aliphatic carbocycles. The highest BCUT2D eigenvalue weighted by molar-refractivity contribution is 7.99. The molecular weight excluding hydrogens is 230 g/mol. The molecule has 1 fully saturated rings. The summed E-state index contributed by atoms with van der Waals surface area (Å²) in [7, 11) is 0. The van der Waals surface area contributed by atoms with Crippen molar-refractivity contribution in [1.29, 1.82) is 0 Å². The van der Waals surface area contributed by atoms with Crippen LogP contribution in [0.25, 0.3) is 0 Å². The van der Waals surface area contributed by atoms with E-state index >= 15 is 0 Å². The molecule has 0 amide bonds. The number of nitrogens with zero attached hydrogens (tertiary/aromatic N) is 1. The van der Waals surface area contributed by atoms with Crippen molar-refractivity contribution in [2.45, 2.75) is 23.8 Å². The predicted octanol–water partition coefficient (Wildman–Crippen LogP) is 3.15. The summed E-state index contributed by atoms with van der Waals surface area (Å²) in [6.45, 7) is 1.80. The lowest BCUT2D eigenvalue weighted by Crippen LogP contribution is -2.17. The maximum Gasteiger partial charge on any atom is 0.133 e. The van der Waals surface area contributed by atoms with Gasteiger partial charge < -0.3 is 4.74 Å². The lowest BCUT2D eigenvalue weighted by molar-refractivity contribution is 0.1000. The molecule has 0 aromatic carbocycles. The second-order valence-corrected chi connectivity index (χ2v) is 5.22. The van der Waals surface area contributed by atoms with Gasteiger partial charge in [0.05, 0.1) is 0 Å². The minimum Gasteiger partial charge on any atom is -0.381 e. The molecule has 0 unspecified atom stereocenters. The first-order valence-electron chi connectivity index (χ1n) is 5.15. The van der Waals surface area contributed by atoms with E-state index in [1.54, 1.807) is 6.20 Å². The molecule has 1 saturated heterocycles. The van der Waals surface area contributed by atoms with Gasteiger partial charge in [0.1, 0.15) is 5.15 Å². The highest BCUT2D eigenvalue weighted by Gasteiger charge is 2.14. The summed E-state index contributed by atoms with van der Waals surface area (Å²) in [6.07, 6.45) is 4.04. The molecule has 0 N–H and O–H groups in total. The molecule has 2 nitrogen and oxygen atoms in total. The third kappa shape index (κ3) is 3.37. The van der Waals surface area contributed by atoms with E-state index in [-0.39, 0.29) is 0 Å². The van der Waals surface area contributed by atoms with Gasteiger partial charge in [0, 0.05) is 30.4 Å². The average Bonchev–Trinajstić information content (AvgIpc) is 2.29. The van der Waals surface area contributed by atoms with E-state index in [4.69, 9.17) is 16.3 Å². The fraction of sp³-hybridized carbons (Fsp3) is 0.545. The summed E-state index contributed by atoms with van der Waals surface area (Å²) in [5, 5.41) is 1.35. The Balaban J connectivity index is 1.84. The second kappa shape index (κ2) is 5.73. The molecule has 4 heteroatoms. The summed E-state index contributed by atoms with van der Waals surface area (Å²) in [4.78, 5) is 4.07. The van der Waals surface area contributed by atoms with Crippen LogP contribution in [-0.2, 0) is 10.5 Å². The Kier molecular flexibility index (Phi) is 4.29. The molecule has 15 heavy (non-hydrogen) atoms. The van der Waals surface area contributed by atoms with E-state index in [1.165, 1.54) is 0 Å². The lowest BCUT2D eigenvalue weighted by Gasteiger charge is -2.21. The number of aromatic nitrogens is 1. The third-order valence-electron chi connectivity index (χ3n) is 2.48. The van der Waals surface area contributed by atoms with Crippen molar-refractivity contribution in [2.75, 3.05) is 13.2 Å². The van der Waals surface area contributed by atoms with Crippen LogP contribution in [0.2, 0.25) is 5.15 Å². The van der Waals surface area contributed by atoms with Crippen LogP contribution in [0.15, 0.2) is 18.3 Å². The van der Waals surface area contributed by atoms with Crippen LogP contribution < -0.4 is 0 Å². The zero-order chi connectivity index (χ0) is 10.5. The van der Waals surface area contributed by atoms with Crippen molar-refractivity contribution in [3.8, 4) is 0 Å². The fourth-order valence-electron chi connectivity index (χ4n) is 1.58. The van der Waals surface area contributed by atoms with Gasteiger partial charge in [-0.05, 0) is 24.5 Å². The van der Waals surface area contributed by atoms with Gasteiger partial charge in [-0.15, -0.1) is 0 Å². The third-order valence-corrected chi connectivity index (χ3v) is 4.24. The highest BCUT2D eigenvalue weighted by atomic mass is 35.5. The van der Waals surface area contributed by atoms with Gasteiger partial charge in [0.25, 0.3) is 0 Å². The zero-order valence-electron chi connectivity index (χ0n) is 8.49. The van der Waals surface area contributed by atoms with Crippen LogP contribution in [-0.4, -0.2) is 23.4 Å². The van der Waals surface area contributed by atoms with Crippen molar-refractivity contribution < 1.29 is 4.74 Å². The number of thioether (sulfide) groups is 1. The van der Waals surface area contributed by atoms with E-state index in [1.807, 2.05) is 23.9 Å². The molecule has 1 aromatic rings. The quantitative estimate of drug-likeness (QED) is 0.762. The van der Waals surface area contributed by atoms with E-state index in [9.17, 15) is 0 Å². The van der Waals surface area contributed by atoms with Crippen LogP contribution in [0.3, 0.4) is 0 Å². The predicted molar refractivity (Wildman–Crippen MR) is 64.4 cm³/mol. The van der Waals surface area contributed by atoms with Crippen molar-refractivity contribution in [3.05, 3.63) is 29.0 Å². The molecule has 0 bridgehead atoms. The maximum atomic E-state index is 5.99. The topological polar surface area (TPSA) is 22.1 Å². The molecule has 82 valence electrons. The number of rotatable bonds is 3. The Bertz CT molecular complexity index is 315. The van der Waals surface area contributed by atoms with Gasteiger partial charge >= 0.3 is 0 Å². The molecule has 0 spiro atoms. The van der Waals surface area contributed by atoms with E-state index in [0.717, 1.165) is 42.6 Å². The second-order valence-electron chi connectivity index (χ2n) is 3.58. The van der Waals surface area contributed by atoms with Gasteiger partial charge in [-0.1, -0.05) is 17.7 Å². The molecule has 2 heterocycles. The standard InChI is InChI=1S/C11H14ClNOS/c12-11-9(2-1-5-13-11)8-15-10-3-6-14-7-4-10/h1-2,5,10H,3-4,6-8H2. The Morgan fingerprint density at radius 1 is 1.47 bits per heavy atom. The Morgan fingerprint density at radius 2 is 2.27 bits per heavy atom. The fourth-order valence-corrected chi connectivity index (χ4v) is 3.02. The smallest absolute Gasteiger partial charge is 0.133 e. The largest absolute Gasteiger partial charge is 0.381 e. The Hall–Kier alpha value is -0.250. The minimum absolute atomic E-state index is 0.636. The summed E-state index contributed by atoms with van der Waals surface area (Å²) < 4.78 is 5.32. The normalized spacial score (nSPS) is 17.9. The monoisotopic (exact) mass is 243 g/mol. The number of halogens is 1. The molecule has 0 radical (unpaired) electrons. The van der Waals surface area contributed by atoms with E-state index in [0.29, 0.717) is 5.15 Å². The summed E-state index contributed by atoms with van der Waals surface area (Å²) in [5.41, 5.74) is 1.13. The first-order valence-corrected chi connectivity index (χ1v) is 6.57. The van der Waals surface area contributed by atoms with Crippen molar-refractivity contribution in [1.82, 2.24) is 4.98 Å². The summed E-state index contributed by atoms with van der Waals surface area (Å²) in [5.74, 6) is 0.956. The van der Waals surface area contributed by atoms with Crippen LogP contribution in [0.5, 0.6) is 0 Å². The molecule has 0 atom stereocenters. The molecule has 0 saturated carbocycles. The van der Waals surface area contributed by atoms with Crippen LogP contribution >= 0.6 is 23.4 Å². The molecule has 1 aliphatic rings. The number of hydrogen-bond acceptors (Lipinski definition) is 3. The number of hydrogen-bond donors (Lipinski definition) is 0. The number of ether oxygens (including phenoxy) is 1. The first-order chi connectivity index (χ1) is 7.36. The molecule has 1 aromatic heterocycles. The van der Waals surface area contributed by atoms with E-state index in [2.05, 4.69) is 4.98 Å². The lowest BCUT2D eigenvalue weighted by atomic mass is 10.2. The van der Waals surface area contributed by atoms with Gasteiger partial charge in [-0.3, -0.25) is 0 Å². The van der Waals surface area contributed by atoms with Crippen molar-refractivity contribution in [3.63, 3.8) is 0 Å². The van der Waals surface area contributed by atoms with Crippen molar-refractivity contribution >= 4 is 23.4 Å². The Labute approximate surface area is 99.4 Å². The molecular formula is C11H14ClNOS. The van der Waals surface area contributed by atoms with Gasteiger partial charge in [-0.25, -0.2) is 4.98 Å². The van der Waals surface area contributed by atoms with Gasteiger partial charge in [0.15, 0.2) is 0 Å². The number of pyridine rings is 1. The minimum atomic E-state index is 0.636. The first kappa shape index (κ1) is 11.2. The highest BCUT2D eigenvalue weighted by Crippen LogP contribution is 2.27. The van der Waals surface area contributed by atoms with Crippen LogP contribution in [0, 0.1) is 0 Å². The van der Waals surface area contributed by atoms with Crippen molar-refractivity contribution in [2.24, 2.45) is 0 Å². The van der Waals surface area contributed by atoms with Crippen LogP contribution in [0.4, 0.5) is 0 Å². The van der Waals surface area contributed by atoms with Gasteiger partial charge in [0.2, 0.25) is 0 Å². The summed E-state index contributed by atoms with van der Waals surface area (Å²) >= 11 is 7.95. The molecule has 2 rings (SSSR count). The van der Waals surface area contributed by atoms with Crippen LogP contribution in [0.1, 0.15) is 18.4 Å². The van der Waals surface area contributed by atoms with E-state index < -0.39 is 0 Å². The molecule has 1 aliphatic heterocycles. The zero-order valence-corrected chi connectivity index (χ0v) is 10.1. The SMILES string of the molecule is Clc1ncccc1CSC1CCOCC1. The summed E-state index contributed by atoms with van der Waals surface area (Å²) in [6, 6.07) is 3.98.